The molecule has 0 saturated carbocycles. The predicted molar refractivity (Wildman–Crippen MR) is 131 cm³/mol. The first kappa shape index (κ1) is 23.3. The molecule has 1 aliphatic rings. The minimum atomic E-state index is -0.554. The third kappa shape index (κ3) is 4.72. The molecule has 0 unspecified atom stereocenters. The molecule has 0 spiro atoms. The van der Waals surface area contributed by atoms with Gasteiger partial charge in [-0.2, -0.15) is 0 Å². The number of carbonyl (C=O) groups is 3. The van der Waals surface area contributed by atoms with E-state index in [0.29, 0.717) is 17.0 Å². The molecule has 0 saturated heterocycles. The molecule has 172 valence electrons. The Labute approximate surface area is 202 Å². The Bertz CT molecular complexity index is 1310. The van der Waals surface area contributed by atoms with E-state index < -0.39 is 17.8 Å². The van der Waals surface area contributed by atoms with Crippen LogP contribution in [0.25, 0.3) is 0 Å². The highest BCUT2D eigenvalue weighted by Gasteiger charge is 2.37. The number of aryl methyl sites for hydroxylation is 2. The van der Waals surface area contributed by atoms with Crippen LogP contribution in [0.4, 0.5) is 5.69 Å². The van der Waals surface area contributed by atoms with E-state index in [4.69, 9.17) is 16.3 Å². The van der Waals surface area contributed by atoms with Gasteiger partial charge in [0.2, 0.25) is 0 Å². The summed E-state index contributed by atoms with van der Waals surface area (Å²) in [7, 11) is 0. The lowest BCUT2D eigenvalue weighted by Gasteiger charge is -2.15. The standard InChI is InChI=1S/C27H23ClN2O4/c1-16-13-17(2)18(3)22(14-16)34-27(33)20-9-11-21(12-10-20)29-24-23(28)25(31)30(26(24)32)15-19-7-5-4-6-8-19/h4-14,29H,15H2,1-3H3. The van der Waals surface area contributed by atoms with Crippen molar-refractivity contribution in [2.75, 3.05) is 5.32 Å². The molecule has 0 bridgehead atoms. The van der Waals surface area contributed by atoms with Crippen LogP contribution in [-0.2, 0) is 16.1 Å². The molecule has 0 atom stereocenters. The lowest BCUT2D eigenvalue weighted by atomic mass is 10.1. The summed E-state index contributed by atoms with van der Waals surface area (Å²) in [6, 6.07) is 19.5. The number of esters is 1. The van der Waals surface area contributed by atoms with Crippen LogP contribution in [0.15, 0.2) is 77.5 Å². The topological polar surface area (TPSA) is 75.7 Å². The van der Waals surface area contributed by atoms with Crippen LogP contribution in [0.2, 0.25) is 0 Å². The fourth-order valence-electron chi connectivity index (χ4n) is 3.66. The molecule has 34 heavy (non-hydrogen) atoms. The van der Waals surface area contributed by atoms with Crippen molar-refractivity contribution < 1.29 is 19.1 Å². The largest absolute Gasteiger partial charge is 0.423 e. The van der Waals surface area contributed by atoms with Gasteiger partial charge in [0.1, 0.15) is 16.5 Å². The molecular weight excluding hydrogens is 452 g/mol. The van der Waals surface area contributed by atoms with E-state index in [1.165, 1.54) is 0 Å². The van der Waals surface area contributed by atoms with Crippen molar-refractivity contribution in [3.63, 3.8) is 0 Å². The second-order valence-electron chi connectivity index (χ2n) is 8.17. The van der Waals surface area contributed by atoms with Gasteiger partial charge in [-0.15, -0.1) is 0 Å². The van der Waals surface area contributed by atoms with Gasteiger partial charge >= 0.3 is 5.97 Å². The van der Waals surface area contributed by atoms with Crippen molar-refractivity contribution in [1.82, 2.24) is 4.90 Å². The third-order valence-corrected chi connectivity index (χ3v) is 6.00. The Morgan fingerprint density at radius 3 is 2.29 bits per heavy atom. The fraction of sp³-hybridized carbons (Fsp3) is 0.148. The van der Waals surface area contributed by atoms with Crippen molar-refractivity contribution >= 4 is 35.1 Å². The van der Waals surface area contributed by atoms with E-state index >= 15 is 0 Å². The number of rotatable bonds is 6. The van der Waals surface area contributed by atoms with Gasteiger partial charge in [0.15, 0.2) is 0 Å². The second-order valence-corrected chi connectivity index (χ2v) is 8.55. The van der Waals surface area contributed by atoms with Gasteiger partial charge in [-0.05, 0) is 73.4 Å². The Hall–Kier alpha value is -3.90. The van der Waals surface area contributed by atoms with E-state index in [1.807, 2.05) is 63.2 Å². The monoisotopic (exact) mass is 474 g/mol. The Morgan fingerprint density at radius 1 is 0.941 bits per heavy atom. The van der Waals surface area contributed by atoms with Gasteiger partial charge in [-0.1, -0.05) is 48.0 Å². The van der Waals surface area contributed by atoms with Crippen molar-refractivity contribution in [3.05, 3.63) is 105 Å². The molecule has 0 aliphatic carbocycles. The maximum atomic E-state index is 12.8. The highest BCUT2D eigenvalue weighted by atomic mass is 35.5. The summed E-state index contributed by atoms with van der Waals surface area (Å²) in [5, 5.41) is 2.74. The normalized spacial score (nSPS) is 13.5. The number of ether oxygens (including phenoxy) is 1. The molecule has 6 nitrogen and oxygen atoms in total. The number of halogens is 1. The molecule has 4 rings (SSSR count). The number of anilines is 1. The van der Waals surface area contributed by atoms with Crippen LogP contribution in [-0.4, -0.2) is 22.7 Å². The van der Waals surface area contributed by atoms with E-state index in [0.717, 1.165) is 27.2 Å². The van der Waals surface area contributed by atoms with Crippen molar-refractivity contribution in [2.45, 2.75) is 27.3 Å². The summed E-state index contributed by atoms with van der Waals surface area (Å²) < 4.78 is 5.59. The highest BCUT2D eigenvalue weighted by molar-refractivity contribution is 6.48. The summed E-state index contributed by atoms with van der Waals surface area (Å²) in [5.41, 5.74) is 4.64. The van der Waals surface area contributed by atoms with Gasteiger partial charge in [-0.25, -0.2) is 4.79 Å². The molecular formula is C27H23ClN2O4. The smallest absolute Gasteiger partial charge is 0.343 e. The second kappa shape index (κ2) is 9.53. The summed E-state index contributed by atoms with van der Waals surface area (Å²) in [6.07, 6.45) is 0. The Morgan fingerprint density at radius 2 is 1.62 bits per heavy atom. The maximum absolute atomic E-state index is 12.8. The van der Waals surface area contributed by atoms with Crippen LogP contribution >= 0.6 is 11.6 Å². The van der Waals surface area contributed by atoms with Crippen LogP contribution in [0.5, 0.6) is 5.75 Å². The van der Waals surface area contributed by atoms with Crippen molar-refractivity contribution in [2.24, 2.45) is 0 Å². The molecule has 0 radical (unpaired) electrons. The van der Waals surface area contributed by atoms with Crippen LogP contribution < -0.4 is 10.1 Å². The Kier molecular flexibility index (Phi) is 6.52. The molecule has 1 heterocycles. The average molecular weight is 475 g/mol. The molecule has 2 amide bonds. The number of imide groups is 1. The van der Waals surface area contributed by atoms with E-state index in [9.17, 15) is 14.4 Å². The SMILES string of the molecule is Cc1cc(C)c(C)c(OC(=O)c2ccc(NC3=C(Cl)C(=O)N(Cc4ccccc4)C3=O)cc2)c1. The number of carbonyl (C=O) groups excluding carboxylic acids is 3. The first-order valence-corrected chi connectivity index (χ1v) is 11.1. The first-order valence-electron chi connectivity index (χ1n) is 10.7. The lowest BCUT2D eigenvalue weighted by Crippen LogP contribution is -2.31. The molecule has 7 heteroatoms. The lowest BCUT2D eigenvalue weighted by molar-refractivity contribution is -0.138. The van der Waals surface area contributed by atoms with Gasteiger partial charge in [0, 0.05) is 5.69 Å². The number of nitrogens with one attached hydrogen (secondary N) is 1. The van der Waals surface area contributed by atoms with E-state index in [1.54, 1.807) is 24.3 Å². The zero-order chi connectivity index (χ0) is 24.4. The predicted octanol–water partition coefficient (Wildman–Crippen LogP) is 5.26. The van der Waals surface area contributed by atoms with E-state index in [2.05, 4.69) is 5.32 Å². The molecule has 1 N–H and O–H groups in total. The minimum absolute atomic E-state index is 0.00350. The van der Waals surface area contributed by atoms with Crippen LogP contribution in [0.3, 0.4) is 0 Å². The zero-order valence-corrected chi connectivity index (χ0v) is 19.8. The Balaban J connectivity index is 1.46. The molecule has 1 aliphatic heterocycles. The first-order chi connectivity index (χ1) is 16.2. The molecule has 3 aromatic carbocycles. The van der Waals surface area contributed by atoms with Crippen molar-refractivity contribution in [1.29, 1.82) is 0 Å². The number of hydrogen-bond acceptors (Lipinski definition) is 5. The van der Waals surface area contributed by atoms with Gasteiger partial charge in [0.25, 0.3) is 11.8 Å². The summed E-state index contributed by atoms with van der Waals surface area (Å²) in [5.74, 6) is -1.03. The number of nitrogens with zero attached hydrogens (tertiary/aromatic N) is 1. The van der Waals surface area contributed by atoms with Crippen molar-refractivity contribution in [3.8, 4) is 5.75 Å². The maximum Gasteiger partial charge on any atom is 0.343 e. The number of amides is 2. The number of hydrogen-bond donors (Lipinski definition) is 1. The summed E-state index contributed by atoms with van der Waals surface area (Å²) in [4.78, 5) is 39.1. The molecule has 0 fully saturated rings. The fourth-order valence-corrected chi connectivity index (χ4v) is 3.89. The van der Waals surface area contributed by atoms with Crippen LogP contribution in [0.1, 0.15) is 32.6 Å². The average Bonchev–Trinajstić information content (AvgIpc) is 3.01. The summed E-state index contributed by atoms with van der Waals surface area (Å²) in [6.45, 7) is 5.95. The molecule has 0 aromatic heterocycles. The third-order valence-electron chi connectivity index (χ3n) is 5.65. The van der Waals surface area contributed by atoms with Gasteiger partial charge in [-0.3, -0.25) is 14.5 Å². The van der Waals surface area contributed by atoms with Gasteiger partial charge < -0.3 is 10.1 Å². The highest BCUT2D eigenvalue weighted by Crippen LogP contribution is 2.28. The zero-order valence-electron chi connectivity index (χ0n) is 19.0. The van der Waals surface area contributed by atoms with E-state index in [-0.39, 0.29) is 17.3 Å². The number of benzene rings is 3. The summed E-state index contributed by atoms with van der Waals surface area (Å²) >= 11 is 6.18. The minimum Gasteiger partial charge on any atom is -0.423 e. The van der Waals surface area contributed by atoms with Gasteiger partial charge in [0.05, 0.1) is 12.1 Å². The van der Waals surface area contributed by atoms with Crippen LogP contribution in [0, 0.1) is 20.8 Å². The molecule has 3 aromatic rings. The quantitative estimate of drug-likeness (QED) is 0.299.